The molecular weight excluding hydrogens is 436 g/mol. The van der Waals surface area contributed by atoms with Gasteiger partial charge in [0, 0.05) is 6.61 Å². The minimum absolute atomic E-state index is 0.397. The molecule has 0 aliphatic heterocycles. The molecule has 0 fully saturated rings. The van der Waals surface area contributed by atoms with Gasteiger partial charge in [0.1, 0.15) is 0 Å². The van der Waals surface area contributed by atoms with Crippen molar-refractivity contribution < 1.29 is 4.74 Å². The summed E-state index contributed by atoms with van der Waals surface area (Å²) in [5.41, 5.74) is 0. The predicted octanol–water partition coefficient (Wildman–Crippen LogP) is 13.1. The first kappa shape index (κ1) is 36.0. The Balaban J connectivity index is 3.01. The molecule has 0 N–H and O–H groups in total. The molecule has 0 aromatic carbocycles. The molecule has 0 heterocycles. The summed E-state index contributed by atoms with van der Waals surface area (Å²) in [7, 11) is 0. The van der Waals surface area contributed by atoms with E-state index in [0.717, 1.165) is 6.61 Å². The van der Waals surface area contributed by atoms with Gasteiger partial charge in [0.25, 0.3) is 0 Å². The van der Waals surface area contributed by atoms with E-state index in [1.807, 2.05) is 0 Å². The number of hydrogen-bond acceptors (Lipinski definition) is 1. The average Bonchev–Trinajstić information content (AvgIpc) is 2.87. The molecule has 0 amide bonds. The molecule has 36 heavy (non-hydrogen) atoms. The molecule has 0 atom stereocenters. The van der Waals surface area contributed by atoms with Crippen molar-refractivity contribution >= 4 is 0 Å². The van der Waals surface area contributed by atoms with Crippen LogP contribution < -0.4 is 0 Å². The van der Waals surface area contributed by atoms with Crippen LogP contribution in [0.4, 0.5) is 0 Å². The quantitative estimate of drug-likeness (QED) is 0.0821. The summed E-state index contributed by atoms with van der Waals surface area (Å²) in [5, 5.41) is 0. The highest BCUT2D eigenvalue weighted by atomic mass is 16.5. The highest BCUT2D eigenvalue weighted by Crippen LogP contribution is 2.16. The van der Waals surface area contributed by atoms with Crippen LogP contribution in [0.1, 0.15) is 213 Å². The third-order valence-corrected chi connectivity index (χ3v) is 7.95. The maximum Gasteiger partial charge on any atom is 0.0518 e. The van der Waals surface area contributed by atoms with Crippen molar-refractivity contribution in [1.29, 1.82) is 0 Å². The lowest BCUT2D eigenvalue weighted by atomic mass is 10.0. The van der Waals surface area contributed by atoms with Gasteiger partial charge in [-0.05, 0) is 20.3 Å². The van der Waals surface area contributed by atoms with Crippen LogP contribution in [0.2, 0.25) is 0 Å². The van der Waals surface area contributed by atoms with Crippen LogP contribution >= 0.6 is 0 Å². The standard InChI is InChI=1S/C35H72O/c1-4-5-6-7-8-9-10-11-12-13-14-15-16-17-18-19-20-21-22-23-24-25-26-27-28-29-30-31-32-33-34-36-35(2)3/h35H,4-34H2,1-3H3. The molecule has 0 rings (SSSR count). The number of unbranched alkanes of at least 4 members (excludes halogenated alkanes) is 29. The highest BCUT2D eigenvalue weighted by molar-refractivity contribution is 4.52. The lowest BCUT2D eigenvalue weighted by Crippen LogP contribution is -2.03. The van der Waals surface area contributed by atoms with Gasteiger partial charge in [0.15, 0.2) is 0 Å². The first-order chi connectivity index (χ1) is 17.8. The first-order valence-corrected chi connectivity index (χ1v) is 17.4. The fourth-order valence-electron chi connectivity index (χ4n) is 5.44. The van der Waals surface area contributed by atoms with Crippen LogP contribution in [0.25, 0.3) is 0 Å². The Kier molecular flexibility index (Phi) is 33.0. The summed E-state index contributed by atoms with van der Waals surface area (Å²) >= 11 is 0. The van der Waals surface area contributed by atoms with Crippen LogP contribution in [0, 0.1) is 0 Å². The van der Waals surface area contributed by atoms with Crippen molar-refractivity contribution in [2.45, 2.75) is 219 Å². The summed E-state index contributed by atoms with van der Waals surface area (Å²) < 4.78 is 5.60. The summed E-state index contributed by atoms with van der Waals surface area (Å²) in [6.07, 6.45) is 44.2. The number of ether oxygens (including phenoxy) is 1. The zero-order valence-electron chi connectivity index (χ0n) is 25.9. The van der Waals surface area contributed by atoms with E-state index in [-0.39, 0.29) is 0 Å². The van der Waals surface area contributed by atoms with Gasteiger partial charge < -0.3 is 4.74 Å². The fourth-order valence-corrected chi connectivity index (χ4v) is 5.44. The van der Waals surface area contributed by atoms with Gasteiger partial charge in [-0.2, -0.15) is 0 Å². The van der Waals surface area contributed by atoms with E-state index >= 15 is 0 Å². The molecule has 0 unspecified atom stereocenters. The molecule has 0 saturated carbocycles. The molecule has 0 bridgehead atoms. The second kappa shape index (κ2) is 33.0. The van der Waals surface area contributed by atoms with Crippen molar-refractivity contribution in [2.75, 3.05) is 6.61 Å². The van der Waals surface area contributed by atoms with Gasteiger partial charge in [0.2, 0.25) is 0 Å². The SMILES string of the molecule is CCCCCCCCCCCCCCCCCCCCCCCCCCCCCCCCOC(C)C. The van der Waals surface area contributed by atoms with E-state index in [4.69, 9.17) is 4.74 Å². The van der Waals surface area contributed by atoms with Crippen molar-refractivity contribution in [2.24, 2.45) is 0 Å². The second-order valence-corrected chi connectivity index (χ2v) is 12.2. The second-order valence-electron chi connectivity index (χ2n) is 12.2. The summed E-state index contributed by atoms with van der Waals surface area (Å²) in [6.45, 7) is 7.52. The maximum atomic E-state index is 5.60. The fraction of sp³-hybridized carbons (Fsp3) is 1.00. The lowest BCUT2D eigenvalue weighted by molar-refractivity contribution is 0.0756. The van der Waals surface area contributed by atoms with E-state index in [2.05, 4.69) is 20.8 Å². The zero-order valence-corrected chi connectivity index (χ0v) is 25.9. The lowest BCUT2D eigenvalue weighted by Gasteiger charge is -2.07. The van der Waals surface area contributed by atoms with Gasteiger partial charge in [-0.25, -0.2) is 0 Å². The molecule has 1 heteroatoms. The summed E-state index contributed by atoms with van der Waals surface area (Å²) in [6, 6.07) is 0. The molecule has 1 nitrogen and oxygen atoms in total. The summed E-state index contributed by atoms with van der Waals surface area (Å²) in [4.78, 5) is 0. The predicted molar refractivity (Wildman–Crippen MR) is 165 cm³/mol. The smallest absolute Gasteiger partial charge is 0.0518 e. The van der Waals surface area contributed by atoms with Gasteiger partial charge in [-0.1, -0.05) is 193 Å². The van der Waals surface area contributed by atoms with Crippen LogP contribution in [-0.2, 0) is 4.74 Å². The molecule has 0 aliphatic rings. The maximum absolute atomic E-state index is 5.60. The van der Waals surface area contributed by atoms with Gasteiger partial charge in [0.05, 0.1) is 6.10 Å². The minimum atomic E-state index is 0.397. The van der Waals surface area contributed by atoms with Gasteiger partial charge in [-0.15, -0.1) is 0 Å². The van der Waals surface area contributed by atoms with Crippen LogP contribution in [0.15, 0.2) is 0 Å². The normalized spacial score (nSPS) is 11.7. The topological polar surface area (TPSA) is 9.23 Å². The van der Waals surface area contributed by atoms with Crippen LogP contribution in [-0.4, -0.2) is 12.7 Å². The third-order valence-electron chi connectivity index (χ3n) is 7.95. The van der Waals surface area contributed by atoms with E-state index in [0.29, 0.717) is 6.10 Å². The molecule has 0 aromatic rings. The van der Waals surface area contributed by atoms with Crippen LogP contribution in [0.5, 0.6) is 0 Å². The Morgan fingerprint density at radius 1 is 0.306 bits per heavy atom. The van der Waals surface area contributed by atoms with Crippen molar-refractivity contribution in [1.82, 2.24) is 0 Å². The largest absolute Gasteiger partial charge is 0.379 e. The molecule has 0 aromatic heterocycles. The Labute approximate surface area is 230 Å². The summed E-state index contributed by atoms with van der Waals surface area (Å²) in [5.74, 6) is 0. The Morgan fingerprint density at radius 3 is 0.694 bits per heavy atom. The highest BCUT2D eigenvalue weighted by Gasteiger charge is 1.97. The zero-order chi connectivity index (χ0) is 26.2. The van der Waals surface area contributed by atoms with E-state index < -0.39 is 0 Å². The van der Waals surface area contributed by atoms with Crippen molar-refractivity contribution in [3.63, 3.8) is 0 Å². The average molecular weight is 509 g/mol. The Hall–Kier alpha value is -0.0400. The van der Waals surface area contributed by atoms with Crippen molar-refractivity contribution in [3.8, 4) is 0 Å². The Morgan fingerprint density at radius 2 is 0.500 bits per heavy atom. The molecule has 0 radical (unpaired) electrons. The molecule has 218 valence electrons. The van der Waals surface area contributed by atoms with E-state index in [1.54, 1.807) is 0 Å². The minimum Gasteiger partial charge on any atom is -0.379 e. The van der Waals surface area contributed by atoms with E-state index in [1.165, 1.54) is 193 Å². The third kappa shape index (κ3) is 34.0. The van der Waals surface area contributed by atoms with Crippen LogP contribution in [0.3, 0.4) is 0 Å². The first-order valence-electron chi connectivity index (χ1n) is 17.4. The van der Waals surface area contributed by atoms with Crippen molar-refractivity contribution in [3.05, 3.63) is 0 Å². The molecule has 0 aliphatic carbocycles. The molecular formula is C35H72O. The number of hydrogen-bond donors (Lipinski definition) is 0. The number of rotatable bonds is 32. The molecule has 0 saturated heterocycles. The Bertz CT molecular complexity index is 364. The molecule has 0 spiro atoms. The van der Waals surface area contributed by atoms with Gasteiger partial charge >= 0.3 is 0 Å². The van der Waals surface area contributed by atoms with E-state index in [9.17, 15) is 0 Å². The van der Waals surface area contributed by atoms with Gasteiger partial charge in [-0.3, -0.25) is 0 Å². The monoisotopic (exact) mass is 509 g/mol.